The van der Waals surface area contributed by atoms with Crippen molar-refractivity contribution in [3.05, 3.63) is 21.5 Å². The summed E-state index contributed by atoms with van der Waals surface area (Å²) < 4.78 is 0. The summed E-state index contributed by atoms with van der Waals surface area (Å²) >= 11 is 2.92. The Bertz CT molecular complexity index is 683. The van der Waals surface area contributed by atoms with Crippen LogP contribution in [-0.4, -0.2) is 41.4 Å². The molecule has 4 N–H and O–H groups in total. The number of hydrogen-bond donors (Lipinski definition) is 3. The van der Waals surface area contributed by atoms with Crippen LogP contribution in [0.4, 0.5) is 0 Å². The molecule has 0 unspecified atom stereocenters. The van der Waals surface area contributed by atoms with Crippen molar-refractivity contribution in [2.24, 2.45) is 5.73 Å². The van der Waals surface area contributed by atoms with Gasteiger partial charge in [0.1, 0.15) is 16.4 Å². The van der Waals surface area contributed by atoms with Crippen LogP contribution in [0, 0.1) is 0 Å². The van der Waals surface area contributed by atoms with Crippen molar-refractivity contribution >= 4 is 34.5 Å². The number of nitrogens with zero attached hydrogens (tertiary/aromatic N) is 2. The van der Waals surface area contributed by atoms with Gasteiger partial charge < -0.3 is 16.4 Å². The Labute approximate surface area is 148 Å². The maximum atomic E-state index is 12.0. The fourth-order valence-electron chi connectivity index (χ4n) is 1.93. The lowest BCUT2D eigenvalue weighted by Gasteiger charge is -2.01. The topological polar surface area (TPSA) is 110 Å². The second-order valence-electron chi connectivity index (χ2n) is 5.15. The Kier molecular flexibility index (Phi) is 7.29. The summed E-state index contributed by atoms with van der Waals surface area (Å²) in [5, 5.41) is 10.9. The zero-order valence-electron chi connectivity index (χ0n) is 13.5. The van der Waals surface area contributed by atoms with Crippen molar-refractivity contribution in [3.8, 4) is 10.7 Å². The Morgan fingerprint density at radius 3 is 2.71 bits per heavy atom. The predicted molar refractivity (Wildman–Crippen MR) is 96.2 cm³/mol. The van der Waals surface area contributed by atoms with Crippen molar-refractivity contribution in [1.82, 2.24) is 20.6 Å². The fourth-order valence-corrected chi connectivity index (χ4v) is 3.54. The van der Waals surface area contributed by atoms with E-state index >= 15 is 0 Å². The summed E-state index contributed by atoms with van der Waals surface area (Å²) in [5.41, 5.74) is 6.60. The molecule has 0 bridgehead atoms. The summed E-state index contributed by atoms with van der Waals surface area (Å²) in [6.07, 6.45) is 2.44. The van der Waals surface area contributed by atoms with Gasteiger partial charge in [0.2, 0.25) is 5.91 Å². The van der Waals surface area contributed by atoms with Crippen LogP contribution in [0.25, 0.3) is 10.7 Å². The van der Waals surface area contributed by atoms with Crippen molar-refractivity contribution in [2.75, 3.05) is 19.6 Å². The summed E-state index contributed by atoms with van der Waals surface area (Å²) in [6, 6.07) is 0. The first-order valence-electron chi connectivity index (χ1n) is 7.73. The molecule has 0 aliphatic carbocycles. The molecule has 2 rings (SSSR count). The Morgan fingerprint density at radius 2 is 1.96 bits per heavy atom. The molecule has 130 valence electrons. The third-order valence-electron chi connectivity index (χ3n) is 3.14. The molecular formula is C15H21N5O2S2. The zero-order chi connectivity index (χ0) is 17.4. The van der Waals surface area contributed by atoms with Crippen LogP contribution in [0.15, 0.2) is 10.8 Å². The summed E-state index contributed by atoms with van der Waals surface area (Å²) in [4.78, 5) is 31.7. The van der Waals surface area contributed by atoms with Crippen molar-refractivity contribution in [1.29, 1.82) is 0 Å². The largest absolute Gasteiger partial charge is 0.356 e. The standard InChI is InChI=1S/C15H21N5O2S2/c1-10(21)17-7-4-13-19-12(9-23-13)15-20-11(8-24-15)14(22)18-6-3-2-5-16/h8-9H,2-7,16H2,1H3,(H,17,21)(H,18,22). The van der Waals surface area contributed by atoms with Gasteiger partial charge in [-0.1, -0.05) is 0 Å². The minimum Gasteiger partial charge on any atom is -0.356 e. The normalized spacial score (nSPS) is 10.6. The average molecular weight is 368 g/mol. The molecule has 0 atom stereocenters. The lowest BCUT2D eigenvalue weighted by Crippen LogP contribution is -2.25. The molecule has 24 heavy (non-hydrogen) atoms. The molecule has 0 fully saturated rings. The van der Waals surface area contributed by atoms with E-state index in [0.29, 0.717) is 31.7 Å². The quantitative estimate of drug-likeness (QED) is 0.581. The monoisotopic (exact) mass is 367 g/mol. The van der Waals surface area contributed by atoms with E-state index < -0.39 is 0 Å². The van der Waals surface area contributed by atoms with E-state index in [1.807, 2.05) is 5.38 Å². The van der Waals surface area contributed by atoms with Gasteiger partial charge in [0.25, 0.3) is 5.91 Å². The van der Waals surface area contributed by atoms with E-state index in [2.05, 4.69) is 20.6 Å². The predicted octanol–water partition coefficient (Wildman–Crippen LogP) is 1.41. The molecule has 0 aliphatic heterocycles. The minimum absolute atomic E-state index is 0.0474. The third-order valence-corrected chi connectivity index (χ3v) is 4.91. The van der Waals surface area contributed by atoms with Gasteiger partial charge in [-0.25, -0.2) is 9.97 Å². The van der Waals surface area contributed by atoms with Crippen molar-refractivity contribution in [2.45, 2.75) is 26.2 Å². The second-order valence-corrected chi connectivity index (χ2v) is 6.95. The molecule has 2 amide bonds. The molecule has 0 saturated heterocycles. The third kappa shape index (κ3) is 5.66. The summed E-state index contributed by atoms with van der Waals surface area (Å²) in [5.74, 6) is -0.218. The molecule has 0 spiro atoms. The molecule has 2 aromatic heterocycles. The SMILES string of the molecule is CC(=O)NCCc1nc(-c2nc(C(=O)NCCCCN)cs2)cs1. The Hall–Kier alpha value is -1.84. The average Bonchev–Trinajstić information content (AvgIpc) is 3.20. The smallest absolute Gasteiger partial charge is 0.270 e. The lowest BCUT2D eigenvalue weighted by atomic mass is 10.3. The highest BCUT2D eigenvalue weighted by molar-refractivity contribution is 7.14. The van der Waals surface area contributed by atoms with Gasteiger partial charge in [-0.3, -0.25) is 9.59 Å². The van der Waals surface area contributed by atoms with Gasteiger partial charge in [-0.05, 0) is 19.4 Å². The number of aromatic nitrogens is 2. The van der Waals surface area contributed by atoms with E-state index in [1.165, 1.54) is 29.6 Å². The van der Waals surface area contributed by atoms with Crippen LogP contribution >= 0.6 is 22.7 Å². The van der Waals surface area contributed by atoms with Crippen LogP contribution < -0.4 is 16.4 Å². The van der Waals surface area contributed by atoms with Gasteiger partial charge in [-0.2, -0.15) is 0 Å². The first-order chi connectivity index (χ1) is 11.6. The van der Waals surface area contributed by atoms with Gasteiger partial charge >= 0.3 is 0 Å². The number of rotatable bonds is 9. The number of unbranched alkanes of at least 4 members (excludes halogenated alkanes) is 1. The number of amides is 2. The zero-order valence-corrected chi connectivity index (χ0v) is 15.1. The second kappa shape index (κ2) is 9.45. The first kappa shape index (κ1) is 18.5. The number of thiazole rings is 2. The highest BCUT2D eigenvalue weighted by atomic mass is 32.1. The molecule has 9 heteroatoms. The fraction of sp³-hybridized carbons (Fsp3) is 0.467. The highest BCUT2D eigenvalue weighted by Crippen LogP contribution is 2.25. The summed E-state index contributed by atoms with van der Waals surface area (Å²) in [7, 11) is 0. The molecule has 0 aromatic carbocycles. The lowest BCUT2D eigenvalue weighted by molar-refractivity contribution is -0.118. The number of nitrogens with two attached hydrogens (primary N) is 1. The molecule has 7 nitrogen and oxygen atoms in total. The number of carbonyl (C=O) groups is 2. The molecule has 2 heterocycles. The van der Waals surface area contributed by atoms with E-state index in [4.69, 9.17) is 5.73 Å². The van der Waals surface area contributed by atoms with Crippen LogP contribution in [0.3, 0.4) is 0 Å². The van der Waals surface area contributed by atoms with Crippen molar-refractivity contribution in [3.63, 3.8) is 0 Å². The molecule has 2 aromatic rings. The number of carbonyl (C=O) groups excluding carboxylic acids is 2. The molecule has 0 radical (unpaired) electrons. The number of hydrogen-bond acceptors (Lipinski definition) is 7. The Balaban J connectivity index is 1.89. The van der Waals surface area contributed by atoms with Crippen LogP contribution in [0.1, 0.15) is 35.3 Å². The Morgan fingerprint density at radius 1 is 1.12 bits per heavy atom. The maximum absolute atomic E-state index is 12.0. The van der Waals surface area contributed by atoms with Gasteiger partial charge in [0.05, 0.1) is 5.01 Å². The first-order valence-corrected chi connectivity index (χ1v) is 9.49. The van der Waals surface area contributed by atoms with E-state index in [1.54, 1.807) is 5.38 Å². The van der Waals surface area contributed by atoms with Crippen LogP contribution in [0.2, 0.25) is 0 Å². The number of nitrogens with one attached hydrogen (secondary N) is 2. The van der Waals surface area contributed by atoms with Gasteiger partial charge in [0.15, 0.2) is 0 Å². The van der Waals surface area contributed by atoms with Crippen LogP contribution in [-0.2, 0) is 11.2 Å². The molecular weight excluding hydrogens is 346 g/mol. The van der Waals surface area contributed by atoms with Crippen molar-refractivity contribution < 1.29 is 9.59 Å². The molecule has 0 aliphatic rings. The highest BCUT2D eigenvalue weighted by Gasteiger charge is 2.13. The van der Waals surface area contributed by atoms with Gasteiger partial charge in [0, 0.05) is 37.2 Å². The van der Waals surface area contributed by atoms with E-state index in [-0.39, 0.29) is 11.8 Å². The van der Waals surface area contributed by atoms with E-state index in [9.17, 15) is 9.59 Å². The molecule has 0 saturated carbocycles. The minimum atomic E-state index is -0.171. The van der Waals surface area contributed by atoms with E-state index in [0.717, 1.165) is 28.6 Å². The van der Waals surface area contributed by atoms with Gasteiger partial charge in [-0.15, -0.1) is 22.7 Å². The maximum Gasteiger partial charge on any atom is 0.270 e. The summed E-state index contributed by atoms with van der Waals surface area (Å²) in [6.45, 7) is 3.29. The van der Waals surface area contributed by atoms with Crippen LogP contribution in [0.5, 0.6) is 0 Å².